The standard InChI is InChI=1S/C18H19NO/c1-4-16-18(13-7-5-6-8-17(13)20-16)14-10-15(19)12(3)9-11(14)2/h5-10H,4,19H2,1-3H3. The summed E-state index contributed by atoms with van der Waals surface area (Å²) in [7, 11) is 0. The molecule has 0 unspecified atom stereocenters. The predicted octanol–water partition coefficient (Wildman–Crippen LogP) is 4.86. The summed E-state index contributed by atoms with van der Waals surface area (Å²) in [6.45, 7) is 6.29. The minimum Gasteiger partial charge on any atom is -0.460 e. The van der Waals surface area contributed by atoms with Crippen LogP contribution in [-0.2, 0) is 6.42 Å². The van der Waals surface area contributed by atoms with E-state index in [2.05, 4.69) is 32.0 Å². The third kappa shape index (κ3) is 1.88. The molecule has 102 valence electrons. The van der Waals surface area contributed by atoms with Crippen LogP contribution >= 0.6 is 0 Å². The van der Waals surface area contributed by atoms with Gasteiger partial charge < -0.3 is 10.2 Å². The molecule has 2 N–H and O–H groups in total. The van der Waals surface area contributed by atoms with E-state index in [1.807, 2.05) is 25.1 Å². The van der Waals surface area contributed by atoms with Crippen LogP contribution in [0.3, 0.4) is 0 Å². The van der Waals surface area contributed by atoms with E-state index in [9.17, 15) is 0 Å². The Hall–Kier alpha value is -2.22. The van der Waals surface area contributed by atoms with Gasteiger partial charge in [-0.05, 0) is 42.7 Å². The van der Waals surface area contributed by atoms with Gasteiger partial charge in [0.05, 0.1) is 0 Å². The smallest absolute Gasteiger partial charge is 0.134 e. The summed E-state index contributed by atoms with van der Waals surface area (Å²) in [5.41, 5.74) is 12.6. The third-order valence-corrected chi connectivity index (χ3v) is 3.87. The number of furan rings is 1. The van der Waals surface area contributed by atoms with Gasteiger partial charge in [-0.3, -0.25) is 0 Å². The van der Waals surface area contributed by atoms with Gasteiger partial charge in [0.25, 0.3) is 0 Å². The molecular formula is C18H19NO. The SMILES string of the molecule is CCc1oc2ccccc2c1-c1cc(N)c(C)cc1C. The first kappa shape index (κ1) is 12.8. The maximum Gasteiger partial charge on any atom is 0.134 e. The molecule has 0 spiro atoms. The van der Waals surface area contributed by atoms with Crippen LogP contribution in [-0.4, -0.2) is 0 Å². The Kier molecular flexibility index (Phi) is 3.01. The second kappa shape index (κ2) is 4.71. The molecule has 0 radical (unpaired) electrons. The largest absolute Gasteiger partial charge is 0.460 e. The molecule has 1 aromatic heterocycles. The number of para-hydroxylation sites is 1. The summed E-state index contributed by atoms with van der Waals surface area (Å²) in [5, 5.41) is 1.16. The highest BCUT2D eigenvalue weighted by atomic mass is 16.3. The zero-order valence-corrected chi connectivity index (χ0v) is 12.2. The molecule has 0 aliphatic heterocycles. The van der Waals surface area contributed by atoms with E-state index in [0.29, 0.717) is 0 Å². The summed E-state index contributed by atoms with van der Waals surface area (Å²) in [6.07, 6.45) is 0.872. The Morgan fingerprint density at radius 3 is 2.55 bits per heavy atom. The van der Waals surface area contributed by atoms with E-state index in [1.165, 1.54) is 16.7 Å². The van der Waals surface area contributed by atoms with E-state index >= 15 is 0 Å². The van der Waals surface area contributed by atoms with Gasteiger partial charge in [0, 0.05) is 23.1 Å². The van der Waals surface area contributed by atoms with E-state index in [0.717, 1.165) is 34.4 Å². The van der Waals surface area contributed by atoms with Crippen molar-refractivity contribution in [2.45, 2.75) is 27.2 Å². The normalized spacial score (nSPS) is 11.2. The lowest BCUT2D eigenvalue weighted by molar-refractivity contribution is 0.558. The van der Waals surface area contributed by atoms with Crippen molar-refractivity contribution in [3.05, 3.63) is 53.3 Å². The van der Waals surface area contributed by atoms with Crippen molar-refractivity contribution in [2.75, 3.05) is 5.73 Å². The fourth-order valence-electron chi connectivity index (χ4n) is 2.78. The molecule has 0 atom stereocenters. The maximum atomic E-state index is 6.10. The quantitative estimate of drug-likeness (QED) is 0.672. The summed E-state index contributed by atoms with van der Waals surface area (Å²) < 4.78 is 5.99. The average Bonchev–Trinajstić information content (AvgIpc) is 2.81. The van der Waals surface area contributed by atoms with Gasteiger partial charge in [0.1, 0.15) is 11.3 Å². The minimum absolute atomic E-state index is 0.831. The number of nitrogen functional groups attached to an aromatic ring is 1. The Morgan fingerprint density at radius 2 is 1.80 bits per heavy atom. The molecule has 3 rings (SSSR count). The number of rotatable bonds is 2. The highest BCUT2D eigenvalue weighted by molar-refractivity contribution is 5.97. The van der Waals surface area contributed by atoms with Crippen LogP contribution in [0.2, 0.25) is 0 Å². The lowest BCUT2D eigenvalue weighted by Crippen LogP contribution is -1.94. The molecule has 0 aliphatic carbocycles. The first-order valence-electron chi connectivity index (χ1n) is 6.99. The second-order valence-electron chi connectivity index (χ2n) is 5.27. The van der Waals surface area contributed by atoms with Crippen molar-refractivity contribution in [1.82, 2.24) is 0 Å². The highest BCUT2D eigenvalue weighted by Crippen LogP contribution is 2.38. The van der Waals surface area contributed by atoms with Gasteiger partial charge in [0.2, 0.25) is 0 Å². The van der Waals surface area contributed by atoms with Crippen LogP contribution in [0.15, 0.2) is 40.8 Å². The van der Waals surface area contributed by atoms with Gasteiger partial charge >= 0.3 is 0 Å². The number of hydrogen-bond donors (Lipinski definition) is 1. The van der Waals surface area contributed by atoms with Crippen molar-refractivity contribution in [2.24, 2.45) is 0 Å². The number of anilines is 1. The Morgan fingerprint density at radius 1 is 1.05 bits per heavy atom. The van der Waals surface area contributed by atoms with Gasteiger partial charge in [0.15, 0.2) is 0 Å². The number of aryl methyl sites for hydroxylation is 3. The molecule has 2 heteroatoms. The maximum absolute atomic E-state index is 6.10. The summed E-state index contributed by atoms with van der Waals surface area (Å²) >= 11 is 0. The third-order valence-electron chi connectivity index (χ3n) is 3.87. The van der Waals surface area contributed by atoms with Gasteiger partial charge in [-0.25, -0.2) is 0 Å². The molecule has 0 saturated heterocycles. The van der Waals surface area contributed by atoms with E-state index in [1.54, 1.807) is 0 Å². The first-order valence-corrected chi connectivity index (χ1v) is 6.99. The molecule has 0 amide bonds. The monoisotopic (exact) mass is 265 g/mol. The lowest BCUT2D eigenvalue weighted by Gasteiger charge is -2.10. The molecule has 20 heavy (non-hydrogen) atoms. The summed E-state index contributed by atoms with van der Waals surface area (Å²) in [4.78, 5) is 0. The molecule has 0 saturated carbocycles. The average molecular weight is 265 g/mol. The zero-order valence-electron chi connectivity index (χ0n) is 12.2. The number of nitrogens with two attached hydrogens (primary N) is 1. The van der Waals surface area contributed by atoms with Crippen LogP contribution in [0.5, 0.6) is 0 Å². The summed E-state index contributed by atoms with van der Waals surface area (Å²) in [6, 6.07) is 12.4. The van der Waals surface area contributed by atoms with Crippen LogP contribution in [0, 0.1) is 13.8 Å². The molecule has 0 fully saturated rings. The lowest BCUT2D eigenvalue weighted by atomic mass is 9.94. The number of hydrogen-bond acceptors (Lipinski definition) is 2. The van der Waals surface area contributed by atoms with Crippen molar-refractivity contribution >= 4 is 16.7 Å². The number of fused-ring (bicyclic) bond motifs is 1. The molecular weight excluding hydrogens is 246 g/mol. The fourth-order valence-corrected chi connectivity index (χ4v) is 2.78. The predicted molar refractivity (Wildman–Crippen MR) is 84.9 cm³/mol. The molecule has 0 bridgehead atoms. The van der Waals surface area contributed by atoms with Crippen molar-refractivity contribution in [3.8, 4) is 11.1 Å². The number of benzene rings is 2. The zero-order chi connectivity index (χ0) is 14.3. The Labute approximate surface area is 119 Å². The van der Waals surface area contributed by atoms with Crippen LogP contribution in [0.1, 0.15) is 23.8 Å². The topological polar surface area (TPSA) is 39.2 Å². The molecule has 3 aromatic rings. The first-order chi connectivity index (χ1) is 9.61. The second-order valence-corrected chi connectivity index (χ2v) is 5.27. The minimum atomic E-state index is 0.831. The molecule has 2 nitrogen and oxygen atoms in total. The van der Waals surface area contributed by atoms with Crippen LogP contribution in [0.25, 0.3) is 22.1 Å². The van der Waals surface area contributed by atoms with Crippen molar-refractivity contribution in [1.29, 1.82) is 0 Å². The Balaban J connectivity index is 2.36. The summed E-state index contributed by atoms with van der Waals surface area (Å²) in [5.74, 6) is 1.03. The van der Waals surface area contributed by atoms with E-state index < -0.39 is 0 Å². The van der Waals surface area contributed by atoms with Crippen molar-refractivity contribution in [3.63, 3.8) is 0 Å². The molecule has 0 aliphatic rings. The molecule has 1 heterocycles. The van der Waals surface area contributed by atoms with E-state index in [-0.39, 0.29) is 0 Å². The van der Waals surface area contributed by atoms with Crippen LogP contribution in [0.4, 0.5) is 5.69 Å². The Bertz CT molecular complexity index is 783. The van der Waals surface area contributed by atoms with Crippen LogP contribution < -0.4 is 5.73 Å². The highest BCUT2D eigenvalue weighted by Gasteiger charge is 2.16. The van der Waals surface area contributed by atoms with Gasteiger partial charge in [-0.1, -0.05) is 31.2 Å². The fraction of sp³-hybridized carbons (Fsp3) is 0.222. The van der Waals surface area contributed by atoms with E-state index in [4.69, 9.17) is 10.2 Å². The van der Waals surface area contributed by atoms with Gasteiger partial charge in [-0.2, -0.15) is 0 Å². The van der Waals surface area contributed by atoms with Gasteiger partial charge in [-0.15, -0.1) is 0 Å². The molecule has 2 aromatic carbocycles. The van der Waals surface area contributed by atoms with Crippen molar-refractivity contribution < 1.29 is 4.42 Å².